The Morgan fingerprint density at radius 3 is 2.64 bits per heavy atom. The minimum absolute atomic E-state index is 0.226. The van der Waals surface area contributed by atoms with E-state index in [4.69, 9.17) is 0 Å². The minimum Gasteiger partial charge on any atom is -0.339 e. The Kier molecular flexibility index (Phi) is 3.20. The van der Waals surface area contributed by atoms with Crippen molar-refractivity contribution in [3.05, 3.63) is 0 Å². The van der Waals surface area contributed by atoms with E-state index in [0.717, 1.165) is 13.1 Å². The van der Waals surface area contributed by atoms with Crippen LogP contribution in [0.25, 0.3) is 0 Å². The molecular weight excluding hydrogens is 176 g/mol. The van der Waals surface area contributed by atoms with Crippen LogP contribution in [0, 0.1) is 5.92 Å². The van der Waals surface area contributed by atoms with Gasteiger partial charge in [0.15, 0.2) is 0 Å². The first kappa shape index (κ1) is 11.5. The first-order valence-corrected chi connectivity index (χ1v) is 5.40. The van der Waals surface area contributed by atoms with Gasteiger partial charge in [0.2, 0.25) is 5.91 Å². The van der Waals surface area contributed by atoms with Crippen LogP contribution in [-0.4, -0.2) is 35.5 Å². The molecule has 0 radical (unpaired) electrons. The molecule has 0 aromatic carbocycles. The van der Waals surface area contributed by atoms with E-state index in [-0.39, 0.29) is 5.91 Å². The van der Waals surface area contributed by atoms with E-state index < -0.39 is 5.54 Å². The number of nitrogens with zero attached hydrogens (tertiary/aromatic N) is 1. The van der Waals surface area contributed by atoms with Gasteiger partial charge in [0.1, 0.15) is 0 Å². The van der Waals surface area contributed by atoms with Crippen molar-refractivity contribution in [3.63, 3.8) is 0 Å². The Labute approximate surface area is 86.9 Å². The maximum atomic E-state index is 12.0. The van der Waals surface area contributed by atoms with Crippen LogP contribution >= 0.6 is 0 Å². The van der Waals surface area contributed by atoms with Crippen LogP contribution in [0.5, 0.6) is 0 Å². The van der Waals surface area contributed by atoms with Crippen molar-refractivity contribution in [3.8, 4) is 0 Å². The predicted molar refractivity (Wildman–Crippen MR) is 58.1 cm³/mol. The van der Waals surface area contributed by atoms with Crippen LogP contribution < -0.4 is 5.32 Å². The number of carbonyl (C=O) groups is 1. The molecule has 0 saturated carbocycles. The van der Waals surface area contributed by atoms with Gasteiger partial charge in [0, 0.05) is 19.1 Å². The third kappa shape index (κ3) is 2.47. The van der Waals surface area contributed by atoms with Crippen LogP contribution in [0.15, 0.2) is 0 Å². The van der Waals surface area contributed by atoms with Gasteiger partial charge in [-0.1, -0.05) is 13.8 Å². The highest BCUT2D eigenvalue weighted by Gasteiger charge is 2.38. The highest BCUT2D eigenvalue weighted by atomic mass is 16.2. The fourth-order valence-electron chi connectivity index (χ4n) is 2.13. The molecular formula is C11H22N2O. The summed E-state index contributed by atoms with van der Waals surface area (Å²) >= 11 is 0. The van der Waals surface area contributed by atoms with Crippen LogP contribution in [0.2, 0.25) is 0 Å². The lowest BCUT2D eigenvalue weighted by atomic mass is 9.97. The Hall–Kier alpha value is -0.570. The quantitative estimate of drug-likeness (QED) is 0.724. The van der Waals surface area contributed by atoms with Crippen LogP contribution in [0.1, 0.15) is 34.6 Å². The highest BCUT2D eigenvalue weighted by Crippen LogP contribution is 2.16. The van der Waals surface area contributed by atoms with Crippen LogP contribution in [-0.2, 0) is 4.79 Å². The van der Waals surface area contributed by atoms with Crippen molar-refractivity contribution in [2.24, 2.45) is 5.92 Å². The molecule has 0 aromatic heterocycles. The molecule has 1 unspecified atom stereocenters. The van der Waals surface area contributed by atoms with E-state index in [9.17, 15) is 4.79 Å². The molecule has 0 bridgehead atoms. The number of nitrogens with one attached hydrogen (secondary N) is 1. The number of piperazine rings is 1. The number of hydrogen-bond donors (Lipinski definition) is 1. The molecule has 1 atom stereocenters. The van der Waals surface area contributed by atoms with Gasteiger partial charge in [0.05, 0.1) is 5.54 Å². The molecule has 3 nitrogen and oxygen atoms in total. The van der Waals surface area contributed by atoms with Crippen molar-refractivity contribution >= 4 is 5.91 Å². The van der Waals surface area contributed by atoms with Gasteiger partial charge >= 0.3 is 0 Å². The van der Waals surface area contributed by atoms with Crippen molar-refractivity contribution in [1.82, 2.24) is 10.2 Å². The Morgan fingerprint density at radius 1 is 1.57 bits per heavy atom. The number of amides is 1. The fourth-order valence-corrected chi connectivity index (χ4v) is 2.13. The molecule has 1 rings (SSSR count). The molecule has 0 aliphatic carbocycles. The molecule has 1 aliphatic heterocycles. The number of hydrogen-bond acceptors (Lipinski definition) is 2. The largest absolute Gasteiger partial charge is 0.339 e. The summed E-state index contributed by atoms with van der Waals surface area (Å²) in [4.78, 5) is 14.0. The molecule has 0 aromatic rings. The summed E-state index contributed by atoms with van der Waals surface area (Å²) in [6.07, 6.45) is 0. The van der Waals surface area contributed by atoms with E-state index in [1.807, 2.05) is 18.7 Å². The Balaban J connectivity index is 2.71. The van der Waals surface area contributed by atoms with Crippen molar-refractivity contribution in [2.75, 3.05) is 13.1 Å². The minimum atomic E-state index is -0.396. The van der Waals surface area contributed by atoms with E-state index in [2.05, 4.69) is 26.1 Å². The lowest BCUT2D eigenvalue weighted by Gasteiger charge is -2.42. The second kappa shape index (κ2) is 3.89. The van der Waals surface area contributed by atoms with Gasteiger partial charge in [0.25, 0.3) is 0 Å². The average molecular weight is 198 g/mol. The molecule has 82 valence electrons. The SMILES string of the molecule is CC(C)CN1CC(C)NC(C)(C)C1=O. The van der Waals surface area contributed by atoms with Gasteiger partial charge in [-0.2, -0.15) is 0 Å². The molecule has 1 N–H and O–H groups in total. The van der Waals surface area contributed by atoms with Gasteiger partial charge < -0.3 is 4.90 Å². The van der Waals surface area contributed by atoms with Crippen molar-refractivity contribution < 1.29 is 4.79 Å². The fraction of sp³-hybridized carbons (Fsp3) is 0.909. The van der Waals surface area contributed by atoms with E-state index in [1.165, 1.54) is 0 Å². The number of carbonyl (C=O) groups excluding carboxylic acids is 1. The second-order valence-electron chi connectivity index (χ2n) is 5.27. The summed E-state index contributed by atoms with van der Waals surface area (Å²) in [6, 6.07) is 0.390. The summed E-state index contributed by atoms with van der Waals surface area (Å²) in [6.45, 7) is 12.0. The average Bonchev–Trinajstić information content (AvgIpc) is 1.97. The third-order valence-electron chi connectivity index (χ3n) is 2.51. The first-order chi connectivity index (χ1) is 6.33. The van der Waals surface area contributed by atoms with Crippen LogP contribution in [0.4, 0.5) is 0 Å². The maximum Gasteiger partial charge on any atom is 0.242 e. The van der Waals surface area contributed by atoms with Gasteiger partial charge in [-0.25, -0.2) is 0 Å². The molecule has 1 amide bonds. The van der Waals surface area contributed by atoms with Gasteiger partial charge in [-0.05, 0) is 26.7 Å². The first-order valence-electron chi connectivity index (χ1n) is 5.40. The molecule has 1 heterocycles. The monoisotopic (exact) mass is 198 g/mol. The zero-order valence-corrected chi connectivity index (χ0v) is 9.92. The maximum absolute atomic E-state index is 12.0. The lowest BCUT2D eigenvalue weighted by Crippen LogP contribution is -2.65. The highest BCUT2D eigenvalue weighted by molar-refractivity contribution is 5.86. The topological polar surface area (TPSA) is 32.3 Å². The molecule has 1 aliphatic rings. The smallest absolute Gasteiger partial charge is 0.242 e. The normalized spacial score (nSPS) is 27.1. The van der Waals surface area contributed by atoms with Crippen molar-refractivity contribution in [2.45, 2.75) is 46.2 Å². The molecule has 3 heteroatoms. The predicted octanol–water partition coefficient (Wildman–Crippen LogP) is 1.24. The zero-order chi connectivity index (χ0) is 10.9. The summed E-state index contributed by atoms with van der Waals surface area (Å²) in [5.74, 6) is 0.768. The summed E-state index contributed by atoms with van der Waals surface area (Å²) < 4.78 is 0. The van der Waals surface area contributed by atoms with Gasteiger partial charge in [-0.15, -0.1) is 0 Å². The standard InChI is InChI=1S/C11H22N2O/c1-8(2)6-13-7-9(3)12-11(4,5)10(13)14/h8-9,12H,6-7H2,1-5H3. The summed E-state index contributed by atoms with van der Waals surface area (Å²) in [7, 11) is 0. The second-order valence-corrected chi connectivity index (χ2v) is 5.27. The van der Waals surface area contributed by atoms with E-state index >= 15 is 0 Å². The molecule has 0 spiro atoms. The van der Waals surface area contributed by atoms with E-state index in [0.29, 0.717) is 12.0 Å². The van der Waals surface area contributed by atoms with Crippen molar-refractivity contribution in [1.29, 1.82) is 0 Å². The molecule has 14 heavy (non-hydrogen) atoms. The lowest BCUT2D eigenvalue weighted by molar-refractivity contribution is -0.141. The summed E-state index contributed by atoms with van der Waals surface area (Å²) in [5.41, 5.74) is -0.396. The van der Waals surface area contributed by atoms with Gasteiger partial charge in [-0.3, -0.25) is 10.1 Å². The summed E-state index contributed by atoms with van der Waals surface area (Å²) in [5, 5.41) is 3.32. The molecule has 1 saturated heterocycles. The molecule has 1 fully saturated rings. The van der Waals surface area contributed by atoms with Crippen LogP contribution in [0.3, 0.4) is 0 Å². The van der Waals surface area contributed by atoms with E-state index in [1.54, 1.807) is 0 Å². The number of rotatable bonds is 2. The Morgan fingerprint density at radius 2 is 2.14 bits per heavy atom. The Bertz CT molecular complexity index is 221. The third-order valence-corrected chi connectivity index (χ3v) is 2.51. The zero-order valence-electron chi connectivity index (χ0n) is 9.92.